The van der Waals surface area contributed by atoms with Crippen LogP contribution in [0.3, 0.4) is 0 Å². The second kappa shape index (κ2) is 8.40. The third kappa shape index (κ3) is 3.72. The summed E-state index contributed by atoms with van der Waals surface area (Å²) in [6.07, 6.45) is 4.06. The van der Waals surface area contributed by atoms with E-state index in [9.17, 15) is 4.79 Å². The molecule has 2 aliphatic rings. The number of pyridine rings is 1. The van der Waals surface area contributed by atoms with Crippen LogP contribution in [0.1, 0.15) is 33.6 Å². The van der Waals surface area contributed by atoms with Crippen LogP contribution in [0, 0.1) is 17.2 Å². The van der Waals surface area contributed by atoms with E-state index in [1.807, 2.05) is 0 Å². The van der Waals surface area contributed by atoms with Gasteiger partial charge >= 0.3 is 0 Å². The summed E-state index contributed by atoms with van der Waals surface area (Å²) in [5.74, 6) is 0.678. The first-order valence-corrected chi connectivity index (χ1v) is 10.9. The van der Waals surface area contributed by atoms with Gasteiger partial charge in [0.2, 0.25) is 0 Å². The highest BCUT2D eigenvalue weighted by atomic mass is 16.5. The van der Waals surface area contributed by atoms with Gasteiger partial charge in [-0.15, -0.1) is 0 Å². The Morgan fingerprint density at radius 2 is 2.00 bits per heavy atom. The molecule has 2 aromatic rings. The molecule has 0 bridgehead atoms. The van der Waals surface area contributed by atoms with Gasteiger partial charge in [-0.2, -0.15) is 10.4 Å². The summed E-state index contributed by atoms with van der Waals surface area (Å²) in [5.41, 5.74) is 2.39. The molecule has 8 heteroatoms. The molecule has 8 nitrogen and oxygen atoms in total. The third-order valence-electron chi connectivity index (χ3n) is 6.98. The Kier molecular flexibility index (Phi) is 5.85. The van der Waals surface area contributed by atoms with Gasteiger partial charge in [-0.1, -0.05) is 0 Å². The number of hydrogen-bond acceptors (Lipinski definition) is 6. The van der Waals surface area contributed by atoms with E-state index in [0.29, 0.717) is 18.0 Å². The van der Waals surface area contributed by atoms with Crippen LogP contribution in [0.15, 0.2) is 17.1 Å². The topological polar surface area (TPSA) is 79.3 Å². The predicted octanol–water partition coefficient (Wildman–Crippen LogP) is 1.97. The van der Waals surface area contributed by atoms with Crippen molar-refractivity contribution < 1.29 is 4.74 Å². The van der Waals surface area contributed by atoms with Crippen LogP contribution in [0.25, 0.3) is 11.0 Å². The van der Waals surface area contributed by atoms with Crippen molar-refractivity contribution in [3.8, 4) is 6.07 Å². The highest BCUT2D eigenvalue weighted by Crippen LogP contribution is 2.31. The minimum Gasteiger partial charge on any atom is -0.381 e. The van der Waals surface area contributed by atoms with Crippen LogP contribution >= 0.6 is 0 Å². The van der Waals surface area contributed by atoms with Gasteiger partial charge in [-0.05, 0) is 39.5 Å². The molecule has 0 amide bonds. The lowest BCUT2D eigenvalue weighted by molar-refractivity contribution is 0.0126. The van der Waals surface area contributed by atoms with E-state index in [0.717, 1.165) is 55.9 Å². The molecule has 2 fully saturated rings. The Bertz CT molecular complexity index is 999. The second-order valence-corrected chi connectivity index (χ2v) is 8.88. The van der Waals surface area contributed by atoms with Crippen LogP contribution in [0.2, 0.25) is 0 Å². The Balaban J connectivity index is 1.62. The third-order valence-corrected chi connectivity index (χ3v) is 6.98. The highest BCUT2D eigenvalue weighted by Gasteiger charge is 2.36. The van der Waals surface area contributed by atoms with E-state index in [1.165, 1.54) is 0 Å². The molecule has 2 aromatic heterocycles. The first-order chi connectivity index (χ1) is 14.4. The van der Waals surface area contributed by atoms with Gasteiger partial charge in [0, 0.05) is 57.5 Å². The Labute approximate surface area is 177 Å². The van der Waals surface area contributed by atoms with Crippen molar-refractivity contribution in [2.24, 2.45) is 13.0 Å². The summed E-state index contributed by atoms with van der Waals surface area (Å²) in [7, 11) is 1.76. The summed E-state index contributed by atoms with van der Waals surface area (Å²) in [4.78, 5) is 17.6. The summed E-state index contributed by atoms with van der Waals surface area (Å²) < 4.78 is 8.78. The van der Waals surface area contributed by atoms with Crippen molar-refractivity contribution in [2.45, 2.75) is 58.3 Å². The number of nitrogens with zero attached hydrogens (tertiary/aromatic N) is 6. The Morgan fingerprint density at radius 1 is 1.27 bits per heavy atom. The molecule has 0 saturated carbocycles. The van der Waals surface area contributed by atoms with E-state index in [2.05, 4.69) is 41.7 Å². The molecule has 4 rings (SSSR count). The number of aryl methyl sites for hydroxylation is 1. The Morgan fingerprint density at radius 3 is 2.70 bits per heavy atom. The first kappa shape index (κ1) is 20.9. The van der Waals surface area contributed by atoms with Gasteiger partial charge in [0.05, 0.1) is 23.5 Å². The zero-order valence-electron chi connectivity index (χ0n) is 18.4. The van der Waals surface area contributed by atoms with E-state index >= 15 is 0 Å². The van der Waals surface area contributed by atoms with E-state index < -0.39 is 0 Å². The van der Waals surface area contributed by atoms with Gasteiger partial charge in [-0.3, -0.25) is 14.4 Å². The molecule has 0 spiro atoms. The monoisotopic (exact) mass is 412 g/mol. The smallest absolute Gasteiger partial charge is 0.252 e. The lowest BCUT2D eigenvalue weighted by Crippen LogP contribution is -2.60. The number of aromatic nitrogens is 3. The molecule has 2 saturated heterocycles. The zero-order chi connectivity index (χ0) is 21.4. The maximum absolute atomic E-state index is 12.6. The van der Waals surface area contributed by atoms with Crippen LogP contribution in [-0.2, 0) is 18.3 Å². The lowest BCUT2D eigenvalue weighted by atomic mass is 9.89. The molecule has 0 radical (unpaired) electrons. The minimum atomic E-state index is -0.0492. The summed E-state index contributed by atoms with van der Waals surface area (Å²) in [5, 5.41) is 13.7. The van der Waals surface area contributed by atoms with Crippen molar-refractivity contribution in [1.82, 2.24) is 19.2 Å². The standard InChI is InChI=1S/C22H32N6O2/c1-15-13-28(16(2)12-27(15)17(3)18-5-9-30-10-6-18)19-11-21(29)25(4)20-14-26(8-7-23)24-22(19)20/h11,14-18H,5-6,8-10,12-13H2,1-4H3/t15-,16+,17?/m1/s1. The Hall–Kier alpha value is -2.37. The second-order valence-electron chi connectivity index (χ2n) is 8.88. The summed E-state index contributed by atoms with van der Waals surface area (Å²) >= 11 is 0. The van der Waals surface area contributed by atoms with Crippen molar-refractivity contribution >= 4 is 16.7 Å². The van der Waals surface area contributed by atoms with Gasteiger partial charge in [0.15, 0.2) is 0 Å². The number of ether oxygens (including phenoxy) is 1. The molecule has 30 heavy (non-hydrogen) atoms. The largest absolute Gasteiger partial charge is 0.381 e. The zero-order valence-corrected chi connectivity index (χ0v) is 18.4. The van der Waals surface area contributed by atoms with E-state index in [1.54, 1.807) is 28.6 Å². The van der Waals surface area contributed by atoms with Crippen LogP contribution in [-0.4, -0.2) is 63.7 Å². The number of rotatable bonds is 4. The van der Waals surface area contributed by atoms with Crippen LogP contribution in [0.5, 0.6) is 0 Å². The lowest BCUT2D eigenvalue weighted by Gasteiger charge is -2.49. The number of fused-ring (bicyclic) bond motifs is 1. The molecule has 162 valence electrons. The molecular formula is C22H32N6O2. The van der Waals surface area contributed by atoms with Crippen LogP contribution in [0.4, 0.5) is 5.69 Å². The molecule has 2 aliphatic heterocycles. The molecule has 1 unspecified atom stereocenters. The van der Waals surface area contributed by atoms with Crippen LogP contribution < -0.4 is 10.5 Å². The number of hydrogen-bond donors (Lipinski definition) is 0. The molecule has 0 aliphatic carbocycles. The SMILES string of the molecule is CC(C1CCOCC1)N1C[C@H](C)N(c2cc(=O)n(C)c3cn(CC#N)nc23)C[C@H]1C. The number of piperazine rings is 1. The maximum Gasteiger partial charge on any atom is 0.252 e. The summed E-state index contributed by atoms with van der Waals surface area (Å²) in [6.45, 7) is 10.6. The molecule has 4 heterocycles. The molecule has 3 atom stereocenters. The average Bonchev–Trinajstić information content (AvgIpc) is 3.17. The molecule has 0 N–H and O–H groups in total. The van der Waals surface area contributed by atoms with Crippen molar-refractivity contribution in [2.75, 3.05) is 31.2 Å². The highest BCUT2D eigenvalue weighted by molar-refractivity contribution is 5.88. The van der Waals surface area contributed by atoms with E-state index in [-0.39, 0.29) is 18.1 Å². The van der Waals surface area contributed by atoms with Crippen molar-refractivity contribution in [3.63, 3.8) is 0 Å². The number of nitriles is 1. The van der Waals surface area contributed by atoms with Crippen molar-refractivity contribution in [1.29, 1.82) is 5.26 Å². The predicted molar refractivity (Wildman–Crippen MR) is 117 cm³/mol. The quantitative estimate of drug-likeness (QED) is 0.764. The van der Waals surface area contributed by atoms with E-state index in [4.69, 9.17) is 10.00 Å². The normalized spacial score (nSPS) is 24.8. The van der Waals surface area contributed by atoms with Gasteiger partial charge < -0.3 is 14.2 Å². The first-order valence-electron chi connectivity index (χ1n) is 10.9. The van der Waals surface area contributed by atoms with Gasteiger partial charge in [0.25, 0.3) is 5.56 Å². The van der Waals surface area contributed by atoms with Crippen molar-refractivity contribution in [3.05, 3.63) is 22.6 Å². The fraction of sp³-hybridized carbons (Fsp3) is 0.682. The molecular weight excluding hydrogens is 380 g/mol. The summed E-state index contributed by atoms with van der Waals surface area (Å²) in [6, 6.07) is 4.99. The minimum absolute atomic E-state index is 0.0492. The average molecular weight is 413 g/mol. The van der Waals surface area contributed by atoms with Gasteiger partial charge in [-0.25, -0.2) is 0 Å². The fourth-order valence-electron chi connectivity index (χ4n) is 5.14. The maximum atomic E-state index is 12.6. The number of anilines is 1. The fourth-order valence-corrected chi connectivity index (χ4v) is 5.14. The molecule has 0 aromatic carbocycles. The van der Waals surface area contributed by atoms with Gasteiger partial charge in [0.1, 0.15) is 12.1 Å².